The Hall–Kier alpha value is -2.78. The first-order valence-electron chi connectivity index (χ1n) is 9.80. The first-order chi connectivity index (χ1) is 14.4. The molecule has 1 aliphatic heterocycles. The van der Waals surface area contributed by atoms with Gasteiger partial charge < -0.3 is 19.9 Å². The number of hydrogen-bond donors (Lipinski definition) is 2. The quantitative estimate of drug-likeness (QED) is 0.585. The first-order valence-corrected chi connectivity index (χ1v) is 11.2. The maximum Gasteiger partial charge on any atom is 0.337 e. The third-order valence-corrected chi connectivity index (χ3v) is 6.81. The highest BCUT2D eigenvalue weighted by molar-refractivity contribution is 7.89. The van der Waals surface area contributed by atoms with E-state index in [2.05, 4.69) is 5.32 Å². The van der Waals surface area contributed by atoms with Crippen LogP contribution in [0.25, 0.3) is 0 Å². The molecule has 9 heteroatoms. The SMILES string of the molecule is COc1ccc(OCCNc2ccc(S(=O)(=O)N3CCCCC3)cc2C(=O)O)cc1. The minimum atomic E-state index is -3.69. The molecule has 0 spiro atoms. The molecule has 0 amide bonds. The topological polar surface area (TPSA) is 105 Å². The molecular weight excluding hydrogens is 408 g/mol. The highest BCUT2D eigenvalue weighted by atomic mass is 32.2. The maximum absolute atomic E-state index is 12.8. The molecule has 1 saturated heterocycles. The summed E-state index contributed by atoms with van der Waals surface area (Å²) in [6.45, 7) is 1.59. The predicted molar refractivity (Wildman–Crippen MR) is 113 cm³/mol. The first kappa shape index (κ1) is 21.9. The van der Waals surface area contributed by atoms with Gasteiger partial charge in [0, 0.05) is 25.3 Å². The van der Waals surface area contributed by atoms with Crippen molar-refractivity contribution in [2.45, 2.75) is 24.2 Å². The molecular formula is C21H26N2O6S. The van der Waals surface area contributed by atoms with Gasteiger partial charge in [0.1, 0.15) is 18.1 Å². The summed E-state index contributed by atoms with van der Waals surface area (Å²) >= 11 is 0. The number of nitrogens with zero attached hydrogens (tertiary/aromatic N) is 1. The number of sulfonamides is 1. The number of aromatic carboxylic acids is 1. The van der Waals surface area contributed by atoms with Gasteiger partial charge in [0.05, 0.1) is 17.6 Å². The highest BCUT2D eigenvalue weighted by Crippen LogP contribution is 2.25. The third kappa shape index (κ3) is 5.22. The molecule has 2 aromatic carbocycles. The van der Waals surface area contributed by atoms with Gasteiger partial charge in [-0.1, -0.05) is 6.42 Å². The minimum absolute atomic E-state index is 0.00170. The van der Waals surface area contributed by atoms with Gasteiger partial charge in [-0.05, 0) is 55.3 Å². The van der Waals surface area contributed by atoms with Crippen LogP contribution < -0.4 is 14.8 Å². The van der Waals surface area contributed by atoms with Crippen molar-refractivity contribution in [1.82, 2.24) is 4.31 Å². The van der Waals surface area contributed by atoms with Crippen molar-refractivity contribution < 1.29 is 27.8 Å². The standard InChI is InChI=1S/C21H26N2O6S/c1-28-16-5-7-17(8-6-16)29-14-11-22-20-10-9-18(15-19(20)21(24)25)30(26,27)23-12-3-2-4-13-23/h5-10,15,22H,2-4,11-14H2,1H3,(H,24,25). The van der Waals surface area contributed by atoms with Crippen molar-refractivity contribution in [3.63, 3.8) is 0 Å². The predicted octanol–water partition coefficient (Wildman–Crippen LogP) is 3.06. The number of carbonyl (C=O) groups is 1. The van der Waals surface area contributed by atoms with Crippen LogP contribution in [0.15, 0.2) is 47.4 Å². The van der Waals surface area contributed by atoms with Gasteiger partial charge in [0.15, 0.2) is 0 Å². The molecule has 0 radical (unpaired) electrons. The number of piperidine rings is 1. The Morgan fingerprint density at radius 1 is 1.07 bits per heavy atom. The van der Waals surface area contributed by atoms with Crippen LogP contribution in [0.3, 0.4) is 0 Å². The lowest BCUT2D eigenvalue weighted by molar-refractivity contribution is 0.0697. The van der Waals surface area contributed by atoms with E-state index in [1.165, 1.54) is 22.5 Å². The summed E-state index contributed by atoms with van der Waals surface area (Å²) in [6.07, 6.45) is 2.64. The van der Waals surface area contributed by atoms with Crippen LogP contribution in [0.5, 0.6) is 11.5 Å². The van der Waals surface area contributed by atoms with Crippen LogP contribution in [-0.2, 0) is 10.0 Å². The molecule has 30 heavy (non-hydrogen) atoms. The second-order valence-electron chi connectivity index (χ2n) is 6.93. The summed E-state index contributed by atoms with van der Waals surface area (Å²) in [5.41, 5.74) is 0.260. The van der Waals surface area contributed by atoms with Crippen molar-refractivity contribution in [3.05, 3.63) is 48.0 Å². The number of rotatable bonds is 9. The van der Waals surface area contributed by atoms with E-state index in [0.717, 1.165) is 25.0 Å². The van der Waals surface area contributed by atoms with E-state index in [1.807, 2.05) is 0 Å². The summed E-state index contributed by atoms with van der Waals surface area (Å²) in [5, 5.41) is 12.6. The van der Waals surface area contributed by atoms with Gasteiger partial charge in [-0.15, -0.1) is 0 Å². The number of anilines is 1. The lowest BCUT2D eigenvalue weighted by Gasteiger charge is -2.26. The smallest absolute Gasteiger partial charge is 0.337 e. The fourth-order valence-corrected chi connectivity index (χ4v) is 4.84. The second kappa shape index (κ2) is 9.82. The van der Waals surface area contributed by atoms with Crippen molar-refractivity contribution >= 4 is 21.7 Å². The van der Waals surface area contributed by atoms with E-state index in [-0.39, 0.29) is 10.5 Å². The molecule has 1 aliphatic rings. The zero-order valence-corrected chi connectivity index (χ0v) is 17.7. The van der Waals surface area contributed by atoms with Crippen LogP contribution in [0.2, 0.25) is 0 Å². The molecule has 8 nitrogen and oxygen atoms in total. The molecule has 0 saturated carbocycles. The highest BCUT2D eigenvalue weighted by Gasteiger charge is 2.27. The monoisotopic (exact) mass is 434 g/mol. The number of carboxylic acids is 1. The van der Waals surface area contributed by atoms with Gasteiger partial charge in [0.25, 0.3) is 0 Å². The number of ether oxygens (including phenoxy) is 2. The Balaban J connectivity index is 1.65. The van der Waals surface area contributed by atoms with Gasteiger partial charge in [-0.2, -0.15) is 4.31 Å². The van der Waals surface area contributed by atoms with Crippen LogP contribution in [0.4, 0.5) is 5.69 Å². The van der Waals surface area contributed by atoms with Gasteiger partial charge in [-0.3, -0.25) is 0 Å². The number of methoxy groups -OCH3 is 1. The van der Waals surface area contributed by atoms with Crippen LogP contribution in [-0.4, -0.2) is 57.1 Å². The fraction of sp³-hybridized carbons (Fsp3) is 0.381. The lowest BCUT2D eigenvalue weighted by Crippen LogP contribution is -2.35. The summed E-state index contributed by atoms with van der Waals surface area (Å²) in [4.78, 5) is 11.7. The Kier molecular flexibility index (Phi) is 7.17. The van der Waals surface area contributed by atoms with E-state index < -0.39 is 16.0 Å². The number of benzene rings is 2. The van der Waals surface area contributed by atoms with E-state index in [1.54, 1.807) is 31.4 Å². The summed E-state index contributed by atoms with van der Waals surface area (Å²) in [6, 6.07) is 11.3. The number of carboxylic acid groups (broad SMARTS) is 1. The fourth-order valence-electron chi connectivity index (χ4n) is 3.30. The van der Waals surface area contributed by atoms with Gasteiger partial charge in [-0.25, -0.2) is 13.2 Å². The molecule has 1 fully saturated rings. The zero-order valence-electron chi connectivity index (χ0n) is 16.8. The minimum Gasteiger partial charge on any atom is -0.497 e. The normalized spacial score (nSPS) is 14.8. The van der Waals surface area contributed by atoms with E-state index in [4.69, 9.17) is 9.47 Å². The summed E-state index contributed by atoms with van der Waals surface area (Å²) < 4.78 is 37.8. The molecule has 1 heterocycles. The van der Waals surface area contributed by atoms with Gasteiger partial charge >= 0.3 is 5.97 Å². The van der Waals surface area contributed by atoms with Crippen LogP contribution >= 0.6 is 0 Å². The third-order valence-electron chi connectivity index (χ3n) is 4.92. The summed E-state index contributed by atoms with van der Waals surface area (Å²) in [5.74, 6) is 0.203. The molecule has 2 N–H and O–H groups in total. The van der Waals surface area contributed by atoms with Crippen LogP contribution in [0.1, 0.15) is 29.6 Å². The summed E-state index contributed by atoms with van der Waals surface area (Å²) in [7, 11) is -2.11. The zero-order chi connectivity index (χ0) is 21.6. The van der Waals surface area contributed by atoms with E-state index in [9.17, 15) is 18.3 Å². The molecule has 3 rings (SSSR count). The molecule has 0 atom stereocenters. The Morgan fingerprint density at radius 2 is 1.73 bits per heavy atom. The van der Waals surface area contributed by atoms with Gasteiger partial charge in [0.2, 0.25) is 10.0 Å². The molecule has 0 unspecified atom stereocenters. The lowest BCUT2D eigenvalue weighted by atomic mass is 10.2. The van der Waals surface area contributed by atoms with Crippen molar-refractivity contribution in [1.29, 1.82) is 0 Å². The number of nitrogens with one attached hydrogen (secondary N) is 1. The Bertz CT molecular complexity index is 969. The van der Waals surface area contributed by atoms with E-state index in [0.29, 0.717) is 37.7 Å². The van der Waals surface area contributed by atoms with Crippen molar-refractivity contribution in [2.75, 3.05) is 38.7 Å². The molecule has 0 bridgehead atoms. The molecule has 0 aliphatic carbocycles. The average Bonchev–Trinajstić information content (AvgIpc) is 2.77. The maximum atomic E-state index is 12.8. The molecule has 2 aromatic rings. The Labute approximate surface area is 176 Å². The van der Waals surface area contributed by atoms with E-state index >= 15 is 0 Å². The van der Waals surface area contributed by atoms with Crippen molar-refractivity contribution in [2.24, 2.45) is 0 Å². The average molecular weight is 435 g/mol. The second-order valence-corrected chi connectivity index (χ2v) is 8.87. The molecule has 162 valence electrons. The largest absolute Gasteiger partial charge is 0.497 e. The number of hydrogen-bond acceptors (Lipinski definition) is 6. The van der Waals surface area contributed by atoms with Crippen LogP contribution in [0, 0.1) is 0 Å². The Morgan fingerprint density at radius 3 is 2.37 bits per heavy atom. The molecule has 0 aromatic heterocycles. The van der Waals surface area contributed by atoms with Crippen molar-refractivity contribution in [3.8, 4) is 11.5 Å².